The number of piperidine rings is 1. The van der Waals surface area contributed by atoms with Crippen LogP contribution in [0.5, 0.6) is 0 Å². The lowest BCUT2D eigenvalue weighted by molar-refractivity contribution is 0.0913. The molecule has 0 radical (unpaired) electrons. The van der Waals surface area contributed by atoms with Crippen molar-refractivity contribution in [3.8, 4) is 0 Å². The molecule has 0 aliphatic carbocycles. The second kappa shape index (κ2) is 10.1. The van der Waals surface area contributed by atoms with E-state index in [2.05, 4.69) is 15.5 Å². The van der Waals surface area contributed by atoms with Crippen LogP contribution < -0.4 is 10.6 Å². The number of thiophene rings is 1. The zero-order valence-electron chi connectivity index (χ0n) is 17.0. The van der Waals surface area contributed by atoms with E-state index in [1.54, 1.807) is 30.5 Å². The number of nitrogens with zero attached hydrogens (tertiary/aromatic N) is 1. The van der Waals surface area contributed by atoms with Crippen molar-refractivity contribution in [2.75, 3.05) is 25.0 Å². The predicted octanol–water partition coefficient (Wildman–Crippen LogP) is 5.20. The standard InChI is InChI=1S/C23H24ClN3O3S/c24-17-9-8-16(14-18(17)26-23(29)21-7-5-13-31-21)22(28)25-15-19(20-6-4-12-30-20)27-10-2-1-3-11-27/h4-9,12-14,19H,1-3,10-11,15H2,(H,25,28)(H,26,29). The maximum Gasteiger partial charge on any atom is 0.265 e. The minimum Gasteiger partial charge on any atom is -0.468 e. The highest BCUT2D eigenvalue weighted by molar-refractivity contribution is 7.12. The van der Waals surface area contributed by atoms with E-state index in [-0.39, 0.29) is 17.9 Å². The van der Waals surface area contributed by atoms with Gasteiger partial charge in [0.2, 0.25) is 0 Å². The van der Waals surface area contributed by atoms with E-state index in [0.29, 0.717) is 27.7 Å². The molecule has 0 spiro atoms. The van der Waals surface area contributed by atoms with Crippen LogP contribution in [0.2, 0.25) is 5.02 Å². The fraction of sp³-hybridized carbons (Fsp3) is 0.304. The van der Waals surface area contributed by atoms with Crippen LogP contribution >= 0.6 is 22.9 Å². The van der Waals surface area contributed by atoms with Gasteiger partial charge in [-0.15, -0.1) is 11.3 Å². The van der Waals surface area contributed by atoms with Crippen LogP contribution in [0.3, 0.4) is 0 Å². The maximum atomic E-state index is 12.9. The van der Waals surface area contributed by atoms with Gasteiger partial charge in [0, 0.05) is 12.1 Å². The number of benzene rings is 1. The van der Waals surface area contributed by atoms with Crippen LogP contribution in [0.25, 0.3) is 0 Å². The average Bonchev–Trinajstić information content (AvgIpc) is 3.51. The molecule has 2 amide bonds. The first-order chi connectivity index (χ1) is 15.1. The van der Waals surface area contributed by atoms with Crippen molar-refractivity contribution in [1.29, 1.82) is 0 Å². The molecule has 31 heavy (non-hydrogen) atoms. The highest BCUT2D eigenvalue weighted by Crippen LogP contribution is 2.26. The van der Waals surface area contributed by atoms with Crippen molar-refractivity contribution in [3.63, 3.8) is 0 Å². The van der Waals surface area contributed by atoms with Crippen molar-refractivity contribution >= 4 is 40.4 Å². The number of halogens is 1. The zero-order valence-corrected chi connectivity index (χ0v) is 18.5. The first-order valence-corrected chi connectivity index (χ1v) is 11.6. The molecule has 6 nitrogen and oxygen atoms in total. The number of amides is 2. The molecular weight excluding hydrogens is 434 g/mol. The van der Waals surface area contributed by atoms with Gasteiger partial charge in [0.25, 0.3) is 11.8 Å². The molecule has 1 aromatic carbocycles. The number of likely N-dealkylation sites (tertiary alicyclic amines) is 1. The number of carbonyl (C=O) groups is 2. The Morgan fingerprint density at radius 2 is 1.94 bits per heavy atom. The molecule has 1 fully saturated rings. The Labute approximate surface area is 190 Å². The number of hydrogen-bond acceptors (Lipinski definition) is 5. The molecule has 1 aliphatic rings. The van der Waals surface area contributed by atoms with E-state index in [1.807, 2.05) is 23.6 Å². The van der Waals surface area contributed by atoms with Crippen LogP contribution in [0.15, 0.2) is 58.5 Å². The Kier molecular flexibility index (Phi) is 7.06. The molecule has 2 N–H and O–H groups in total. The van der Waals surface area contributed by atoms with E-state index in [0.717, 1.165) is 31.7 Å². The number of nitrogens with one attached hydrogen (secondary N) is 2. The van der Waals surface area contributed by atoms with E-state index in [4.69, 9.17) is 16.0 Å². The van der Waals surface area contributed by atoms with Gasteiger partial charge in [-0.25, -0.2) is 0 Å². The fourth-order valence-electron chi connectivity index (χ4n) is 3.77. The van der Waals surface area contributed by atoms with Gasteiger partial charge in [0.05, 0.1) is 27.9 Å². The van der Waals surface area contributed by atoms with Gasteiger partial charge >= 0.3 is 0 Å². The Balaban J connectivity index is 1.44. The third-order valence-electron chi connectivity index (χ3n) is 5.38. The summed E-state index contributed by atoms with van der Waals surface area (Å²) in [7, 11) is 0. The SMILES string of the molecule is O=C(NCC(c1ccco1)N1CCCCC1)c1ccc(Cl)c(NC(=O)c2cccs2)c1. The lowest BCUT2D eigenvalue weighted by Gasteiger charge is -2.33. The molecule has 1 saturated heterocycles. The predicted molar refractivity (Wildman–Crippen MR) is 123 cm³/mol. The smallest absolute Gasteiger partial charge is 0.265 e. The second-order valence-corrected chi connectivity index (χ2v) is 8.82. The summed E-state index contributed by atoms with van der Waals surface area (Å²) in [6.07, 6.45) is 5.19. The summed E-state index contributed by atoms with van der Waals surface area (Å²) < 4.78 is 5.64. The molecule has 162 valence electrons. The minimum absolute atomic E-state index is 0.00967. The van der Waals surface area contributed by atoms with Crippen LogP contribution in [-0.2, 0) is 0 Å². The number of furan rings is 1. The van der Waals surface area contributed by atoms with Crippen molar-refractivity contribution in [2.45, 2.75) is 25.3 Å². The Morgan fingerprint density at radius 1 is 1.10 bits per heavy atom. The molecule has 1 atom stereocenters. The van der Waals surface area contributed by atoms with Gasteiger partial charge in [-0.3, -0.25) is 14.5 Å². The van der Waals surface area contributed by atoms with E-state index >= 15 is 0 Å². The van der Waals surface area contributed by atoms with Crippen LogP contribution in [0.1, 0.15) is 51.1 Å². The molecule has 0 bridgehead atoms. The highest BCUT2D eigenvalue weighted by atomic mass is 35.5. The summed E-state index contributed by atoms with van der Waals surface area (Å²) in [5.74, 6) is 0.372. The van der Waals surface area contributed by atoms with Gasteiger partial charge in [0.15, 0.2) is 0 Å². The molecular formula is C23H24ClN3O3S. The minimum atomic E-state index is -0.252. The van der Waals surface area contributed by atoms with Crippen LogP contribution in [0.4, 0.5) is 5.69 Å². The summed E-state index contributed by atoms with van der Waals surface area (Å²) in [6, 6.07) is 12.2. The maximum absolute atomic E-state index is 12.9. The lowest BCUT2D eigenvalue weighted by atomic mass is 10.1. The van der Waals surface area contributed by atoms with Gasteiger partial charge in [-0.1, -0.05) is 24.1 Å². The molecule has 3 aromatic rings. The van der Waals surface area contributed by atoms with Gasteiger partial charge < -0.3 is 15.1 Å². The first-order valence-electron chi connectivity index (χ1n) is 10.3. The molecule has 8 heteroatoms. The molecule has 4 rings (SSSR count). The van der Waals surface area contributed by atoms with Crippen molar-refractivity contribution in [1.82, 2.24) is 10.2 Å². The monoisotopic (exact) mass is 457 g/mol. The van der Waals surface area contributed by atoms with Crippen molar-refractivity contribution in [3.05, 3.63) is 75.3 Å². The van der Waals surface area contributed by atoms with Crippen LogP contribution in [-0.4, -0.2) is 36.3 Å². The zero-order chi connectivity index (χ0) is 21.6. The van der Waals surface area contributed by atoms with Gasteiger partial charge in [-0.05, 0) is 67.7 Å². The van der Waals surface area contributed by atoms with E-state index in [1.165, 1.54) is 17.8 Å². The molecule has 2 aromatic heterocycles. The third kappa shape index (κ3) is 5.36. The number of anilines is 1. The number of carbonyl (C=O) groups excluding carboxylic acids is 2. The quantitative estimate of drug-likeness (QED) is 0.511. The molecule has 3 heterocycles. The van der Waals surface area contributed by atoms with Crippen LogP contribution in [0, 0.1) is 0 Å². The lowest BCUT2D eigenvalue weighted by Crippen LogP contribution is -2.40. The van der Waals surface area contributed by atoms with E-state index in [9.17, 15) is 9.59 Å². The Bertz CT molecular complexity index is 1010. The van der Waals surface area contributed by atoms with Gasteiger partial charge in [0.1, 0.15) is 5.76 Å². The largest absolute Gasteiger partial charge is 0.468 e. The third-order valence-corrected chi connectivity index (χ3v) is 6.58. The van der Waals surface area contributed by atoms with Crippen molar-refractivity contribution < 1.29 is 14.0 Å². The summed E-state index contributed by atoms with van der Waals surface area (Å²) in [5, 5.41) is 8.01. The second-order valence-electron chi connectivity index (χ2n) is 7.46. The summed E-state index contributed by atoms with van der Waals surface area (Å²) in [4.78, 5) is 28.2. The fourth-order valence-corrected chi connectivity index (χ4v) is 4.55. The molecule has 1 aliphatic heterocycles. The molecule has 0 saturated carbocycles. The topological polar surface area (TPSA) is 74.6 Å². The summed E-state index contributed by atoms with van der Waals surface area (Å²) in [6.45, 7) is 2.41. The van der Waals surface area contributed by atoms with Gasteiger partial charge in [-0.2, -0.15) is 0 Å². The highest BCUT2D eigenvalue weighted by Gasteiger charge is 2.25. The summed E-state index contributed by atoms with van der Waals surface area (Å²) in [5.41, 5.74) is 0.842. The van der Waals surface area contributed by atoms with Crippen molar-refractivity contribution in [2.24, 2.45) is 0 Å². The Morgan fingerprint density at radius 3 is 2.65 bits per heavy atom. The number of rotatable bonds is 7. The molecule has 1 unspecified atom stereocenters. The van der Waals surface area contributed by atoms with E-state index < -0.39 is 0 Å². The Hall–Kier alpha value is -2.61. The first kappa shape index (κ1) is 21.6. The normalized spacial score (nSPS) is 15.4. The number of hydrogen-bond donors (Lipinski definition) is 2. The summed E-state index contributed by atoms with van der Waals surface area (Å²) >= 11 is 7.58. The average molecular weight is 458 g/mol.